The van der Waals surface area contributed by atoms with Gasteiger partial charge in [-0.1, -0.05) is 46.3 Å². The van der Waals surface area contributed by atoms with Crippen molar-refractivity contribution in [2.45, 2.75) is 19.6 Å². The van der Waals surface area contributed by atoms with E-state index in [-0.39, 0.29) is 12.4 Å². The summed E-state index contributed by atoms with van der Waals surface area (Å²) in [6, 6.07) is 15.5. The van der Waals surface area contributed by atoms with Gasteiger partial charge in [0.2, 0.25) is 0 Å². The Morgan fingerprint density at radius 1 is 1.14 bits per heavy atom. The van der Waals surface area contributed by atoms with Crippen LogP contribution in [0.3, 0.4) is 0 Å². The Labute approximate surface area is 176 Å². The van der Waals surface area contributed by atoms with Crippen LogP contribution in [-0.4, -0.2) is 29.4 Å². The second-order valence-corrected chi connectivity index (χ2v) is 7.49. The fourth-order valence-electron chi connectivity index (χ4n) is 3.47. The van der Waals surface area contributed by atoms with Crippen molar-refractivity contribution in [3.05, 3.63) is 82.1 Å². The molecule has 0 saturated carbocycles. The molecule has 4 aromatic rings. The number of fused-ring (bicyclic) bond motifs is 5. The van der Waals surface area contributed by atoms with E-state index in [2.05, 4.69) is 30.6 Å². The first-order chi connectivity index (χ1) is 13.1. The quantitative estimate of drug-likeness (QED) is 0.433. The molecule has 1 aliphatic heterocycles. The molecule has 1 aliphatic rings. The number of aromatic nitrogens is 5. The van der Waals surface area contributed by atoms with E-state index in [4.69, 9.17) is 4.98 Å². The van der Waals surface area contributed by atoms with Gasteiger partial charge in [0.1, 0.15) is 6.10 Å². The summed E-state index contributed by atoms with van der Waals surface area (Å²) >= 11 is 3.55. The average Bonchev–Trinajstić information content (AvgIpc) is 3.24. The van der Waals surface area contributed by atoms with E-state index >= 15 is 0 Å². The van der Waals surface area contributed by atoms with Crippen LogP contribution in [0, 0.1) is 6.92 Å². The maximum Gasteiger partial charge on any atom is 0.184 e. The lowest BCUT2D eigenvalue weighted by Crippen LogP contribution is -2.08. The second kappa shape index (κ2) is 7.16. The predicted octanol–water partition coefficient (Wildman–Crippen LogP) is 4.07. The summed E-state index contributed by atoms with van der Waals surface area (Å²) < 4.78 is 4.89. The number of rotatable bonds is 2. The topological polar surface area (TPSA) is 68.8 Å². The summed E-state index contributed by atoms with van der Waals surface area (Å²) in [6.45, 7) is 2.54. The summed E-state index contributed by atoms with van der Waals surface area (Å²) in [6.07, 6.45) is 0.969. The number of aliphatic hydroxyl groups excluding tert-OH is 1. The maximum absolute atomic E-state index is 10.8. The largest absolute Gasteiger partial charge is 0.380 e. The van der Waals surface area contributed by atoms with Crippen LogP contribution in [0.15, 0.2) is 59.3 Å². The van der Waals surface area contributed by atoms with Gasteiger partial charge in [-0.15, -0.1) is 12.4 Å². The summed E-state index contributed by atoms with van der Waals surface area (Å²) in [7, 11) is 0. The van der Waals surface area contributed by atoms with Crippen LogP contribution in [0.25, 0.3) is 17.1 Å². The zero-order valence-electron chi connectivity index (χ0n) is 15.0. The number of benzene rings is 2. The molecule has 8 heteroatoms. The third-order valence-electron chi connectivity index (χ3n) is 4.88. The molecule has 0 aliphatic carbocycles. The minimum Gasteiger partial charge on any atom is -0.380 e. The van der Waals surface area contributed by atoms with Gasteiger partial charge in [0.05, 0.1) is 29.9 Å². The Hall–Kier alpha value is -2.48. The number of hydrogen-bond acceptors (Lipinski definition) is 4. The van der Waals surface area contributed by atoms with Gasteiger partial charge < -0.3 is 9.67 Å². The molecule has 142 valence electrons. The minimum atomic E-state index is -0.868. The Morgan fingerprint density at radius 2 is 1.93 bits per heavy atom. The average molecular weight is 459 g/mol. The molecule has 2 aromatic carbocycles. The number of aryl methyl sites for hydroxylation is 1. The monoisotopic (exact) mass is 457 g/mol. The van der Waals surface area contributed by atoms with Crippen LogP contribution in [0.1, 0.15) is 28.9 Å². The van der Waals surface area contributed by atoms with Gasteiger partial charge in [0, 0.05) is 10.0 Å². The van der Waals surface area contributed by atoms with Gasteiger partial charge in [-0.3, -0.25) is 0 Å². The molecule has 0 bridgehead atoms. The molecule has 0 amide bonds. The van der Waals surface area contributed by atoms with Gasteiger partial charge in [-0.05, 0) is 30.7 Å². The number of halogens is 2. The molecule has 28 heavy (non-hydrogen) atoms. The molecule has 0 radical (unpaired) electrons. The Balaban J connectivity index is 0.00000192. The van der Waals surface area contributed by atoms with Crippen molar-refractivity contribution in [1.29, 1.82) is 0 Å². The molecule has 3 heterocycles. The molecule has 5 rings (SSSR count). The van der Waals surface area contributed by atoms with E-state index in [0.717, 1.165) is 38.5 Å². The third kappa shape index (κ3) is 2.96. The first-order valence-electron chi connectivity index (χ1n) is 8.62. The molecule has 2 aromatic heterocycles. The Kier molecular flexibility index (Phi) is 4.82. The van der Waals surface area contributed by atoms with E-state index in [1.165, 1.54) is 0 Å². The molecule has 6 nitrogen and oxygen atoms in total. The highest BCUT2D eigenvalue weighted by atomic mass is 79.9. The third-order valence-corrected chi connectivity index (χ3v) is 5.38. The minimum absolute atomic E-state index is 0. The van der Waals surface area contributed by atoms with Crippen LogP contribution < -0.4 is 0 Å². The first kappa shape index (κ1) is 18.9. The molecular weight excluding hydrogens is 442 g/mol. The fourth-order valence-corrected chi connectivity index (χ4v) is 3.83. The summed E-state index contributed by atoms with van der Waals surface area (Å²) in [5.74, 6) is 1.13. The van der Waals surface area contributed by atoms with Crippen LogP contribution in [0.2, 0.25) is 0 Å². The lowest BCUT2D eigenvalue weighted by atomic mass is 10.1. The highest BCUT2D eigenvalue weighted by Gasteiger charge is 2.26. The van der Waals surface area contributed by atoms with Gasteiger partial charge in [0.15, 0.2) is 11.6 Å². The van der Waals surface area contributed by atoms with Crippen molar-refractivity contribution in [3.8, 4) is 17.1 Å². The fraction of sp³-hybridized carbons (Fsp3) is 0.150. The van der Waals surface area contributed by atoms with Crippen LogP contribution >= 0.6 is 28.3 Å². The van der Waals surface area contributed by atoms with E-state index in [1.807, 2.05) is 66.5 Å². The second-order valence-electron chi connectivity index (χ2n) is 6.57. The SMILES string of the molecule is Cc1ncn2c1Cn1nc(C(O)c3ccccc3)nc1-c1cc(Br)ccc1-2.Cl. The summed E-state index contributed by atoms with van der Waals surface area (Å²) in [5, 5.41) is 15.4. The highest BCUT2D eigenvalue weighted by molar-refractivity contribution is 9.10. The first-order valence-corrected chi connectivity index (χ1v) is 9.42. The van der Waals surface area contributed by atoms with Crippen LogP contribution in [0.4, 0.5) is 0 Å². The van der Waals surface area contributed by atoms with Crippen LogP contribution in [0.5, 0.6) is 0 Å². The molecule has 1 N–H and O–H groups in total. The lowest BCUT2D eigenvalue weighted by molar-refractivity contribution is 0.209. The van der Waals surface area contributed by atoms with Crippen molar-refractivity contribution in [3.63, 3.8) is 0 Å². The van der Waals surface area contributed by atoms with Crippen LogP contribution in [-0.2, 0) is 6.54 Å². The number of imidazole rings is 1. The summed E-state index contributed by atoms with van der Waals surface area (Å²) in [4.78, 5) is 9.17. The normalized spacial score (nSPS) is 13.0. The van der Waals surface area contributed by atoms with Crippen molar-refractivity contribution in [2.75, 3.05) is 0 Å². The molecule has 1 unspecified atom stereocenters. The number of hydrogen-bond donors (Lipinski definition) is 1. The van der Waals surface area contributed by atoms with E-state index in [1.54, 1.807) is 0 Å². The lowest BCUT2D eigenvalue weighted by Gasteiger charge is -2.09. The maximum atomic E-state index is 10.8. The van der Waals surface area contributed by atoms with Crippen molar-refractivity contribution < 1.29 is 5.11 Å². The predicted molar refractivity (Wildman–Crippen MR) is 112 cm³/mol. The van der Waals surface area contributed by atoms with Gasteiger partial charge in [0.25, 0.3) is 0 Å². The van der Waals surface area contributed by atoms with Gasteiger partial charge in [-0.2, -0.15) is 5.10 Å². The van der Waals surface area contributed by atoms with Crippen molar-refractivity contribution >= 4 is 28.3 Å². The molecular formula is C20H17BrClN5O. The Morgan fingerprint density at radius 3 is 2.71 bits per heavy atom. The number of nitrogens with zero attached hydrogens (tertiary/aromatic N) is 5. The Bertz CT molecular complexity index is 1150. The highest BCUT2D eigenvalue weighted by Crippen LogP contribution is 2.34. The van der Waals surface area contributed by atoms with Gasteiger partial charge >= 0.3 is 0 Å². The van der Waals surface area contributed by atoms with E-state index in [0.29, 0.717) is 12.4 Å². The molecule has 0 spiro atoms. The zero-order chi connectivity index (χ0) is 18.5. The summed E-state index contributed by atoms with van der Waals surface area (Å²) in [5.41, 5.74) is 4.73. The molecule has 0 fully saturated rings. The van der Waals surface area contributed by atoms with E-state index < -0.39 is 6.10 Å². The zero-order valence-corrected chi connectivity index (χ0v) is 17.4. The standard InChI is InChI=1S/C20H16BrN5O.ClH/c1-12-17-10-26-20(15-9-14(21)7-8-16(15)25(17)11-22-12)23-19(24-26)18(27)13-5-3-2-4-6-13;/h2-9,11,18,27H,10H2,1H3;1H. The number of aliphatic hydroxyl groups is 1. The molecule has 0 saturated heterocycles. The van der Waals surface area contributed by atoms with Crippen molar-refractivity contribution in [1.82, 2.24) is 24.3 Å². The van der Waals surface area contributed by atoms with Crippen molar-refractivity contribution in [2.24, 2.45) is 0 Å². The van der Waals surface area contributed by atoms with E-state index in [9.17, 15) is 5.11 Å². The molecule has 1 atom stereocenters. The van der Waals surface area contributed by atoms with Gasteiger partial charge in [-0.25, -0.2) is 14.6 Å². The smallest absolute Gasteiger partial charge is 0.184 e.